The van der Waals surface area contributed by atoms with Gasteiger partial charge in [-0.05, 0) is 25.2 Å². The number of carbonyl (C=O) groups excluding carboxylic acids is 1. The van der Waals surface area contributed by atoms with Crippen LogP contribution in [0, 0.1) is 10.9 Å². The molecular formula is C11H12N2O2S2. The second kappa shape index (κ2) is 5.29. The van der Waals surface area contributed by atoms with Gasteiger partial charge in [-0.3, -0.25) is 4.79 Å². The number of carbonyl (C=O) groups is 1. The molecule has 2 aromatic rings. The van der Waals surface area contributed by atoms with Gasteiger partial charge in [0, 0.05) is 22.7 Å². The van der Waals surface area contributed by atoms with Crippen molar-refractivity contribution in [1.29, 1.82) is 0 Å². The van der Waals surface area contributed by atoms with Gasteiger partial charge in [-0.15, -0.1) is 11.3 Å². The summed E-state index contributed by atoms with van der Waals surface area (Å²) < 4.78 is 5.63. The van der Waals surface area contributed by atoms with Gasteiger partial charge in [-0.2, -0.15) is 0 Å². The summed E-state index contributed by atoms with van der Waals surface area (Å²) in [4.78, 5) is 15.7. The van der Waals surface area contributed by atoms with Crippen LogP contribution in [0.1, 0.15) is 16.1 Å². The molecule has 6 heteroatoms. The van der Waals surface area contributed by atoms with Crippen molar-refractivity contribution in [3.05, 3.63) is 38.7 Å². The Morgan fingerprint density at radius 3 is 3.06 bits per heavy atom. The van der Waals surface area contributed by atoms with Gasteiger partial charge < -0.3 is 14.7 Å². The van der Waals surface area contributed by atoms with E-state index in [2.05, 4.69) is 10.3 Å². The molecule has 1 amide bonds. The fourth-order valence-electron chi connectivity index (χ4n) is 1.41. The van der Waals surface area contributed by atoms with Gasteiger partial charge in [0.2, 0.25) is 5.91 Å². The van der Waals surface area contributed by atoms with E-state index in [4.69, 9.17) is 16.6 Å². The number of aromatic nitrogens is 1. The fourth-order valence-corrected chi connectivity index (χ4v) is 2.70. The molecule has 0 radical (unpaired) electrons. The van der Waals surface area contributed by atoms with Crippen LogP contribution in [-0.2, 0) is 17.8 Å². The Bertz CT molecular complexity index is 554. The van der Waals surface area contributed by atoms with Crippen molar-refractivity contribution < 1.29 is 9.21 Å². The summed E-state index contributed by atoms with van der Waals surface area (Å²) in [5.74, 6) is -0.0143. The van der Waals surface area contributed by atoms with Gasteiger partial charge in [0.1, 0.15) is 0 Å². The van der Waals surface area contributed by atoms with E-state index in [0.29, 0.717) is 16.9 Å². The van der Waals surface area contributed by atoms with E-state index in [1.54, 1.807) is 12.5 Å². The van der Waals surface area contributed by atoms with Gasteiger partial charge in [0.05, 0.1) is 18.9 Å². The van der Waals surface area contributed by atoms with Crippen LogP contribution in [0.25, 0.3) is 0 Å². The minimum absolute atomic E-state index is 0.0143. The average molecular weight is 268 g/mol. The number of aromatic amines is 1. The first-order valence-electron chi connectivity index (χ1n) is 5.11. The lowest BCUT2D eigenvalue weighted by molar-refractivity contribution is -0.120. The van der Waals surface area contributed by atoms with Crippen LogP contribution in [0.3, 0.4) is 0 Å². The van der Waals surface area contributed by atoms with E-state index in [-0.39, 0.29) is 5.91 Å². The third-order valence-corrected chi connectivity index (χ3v) is 3.65. The molecule has 2 N–H and O–H groups in total. The van der Waals surface area contributed by atoms with Crippen molar-refractivity contribution >= 4 is 29.5 Å². The molecule has 0 aromatic carbocycles. The molecule has 0 aliphatic heterocycles. The van der Waals surface area contributed by atoms with Gasteiger partial charge in [-0.25, -0.2) is 0 Å². The molecule has 4 nitrogen and oxygen atoms in total. The molecular weight excluding hydrogens is 256 g/mol. The van der Waals surface area contributed by atoms with Crippen molar-refractivity contribution in [2.45, 2.75) is 19.9 Å². The van der Waals surface area contributed by atoms with Crippen molar-refractivity contribution in [1.82, 2.24) is 10.3 Å². The van der Waals surface area contributed by atoms with E-state index < -0.39 is 0 Å². The molecule has 0 atom stereocenters. The molecule has 0 spiro atoms. The third kappa shape index (κ3) is 3.28. The lowest BCUT2D eigenvalue weighted by Gasteiger charge is -2.02. The zero-order valence-corrected chi connectivity index (χ0v) is 10.9. The molecule has 0 bridgehead atoms. The molecule has 0 fully saturated rings. The second-order valence-corrected chi connectivity index (χ2v) is 5.42. The zero-order chi connectivity index (χ0) is 12.3. The number of hydrogen-bond acceptors (Lipinski definition) is 4. The summed E-state index contributed by atoms with van der Waals surface area (Å²) in [6.45, 7) is 2.41. The third-order valence-electron chi connectivity index (χ3n) is 2.31. The van der Waals surface area contributed by atoms with E-state index in [1.165, 1.54) is 11.3 Å². The zero-order valence-electron chi connectivity index (χ0n) is 9.28. The molecule has 0 unspecified atom stereocenters. The summed E-state index contributed by atoms with van der Waals surface area (Å²) in [5, 5.41) is 2.83. The van der Waals surface area contributed by atoms with Gasteiger partial charge in [0.25, 0.3) is 0 Å². The number of furan rings is 1. The smallest absolute Gasteiger partial charge is 0.225 e. The summed E-state index contributed by atoms with van der Waals surface area (Å²) >= 11 is 6.47. The monoisotopic (exact) mass is 268 g/mol. The fraction of sp³-hybridized carbons (Fsp3) is 0.273. The highest BCUT2D eigenvalue weighted by molar-refractivity contribution is 7.73. The van der Waals surface area contributed by atoms with E-state index in [0.717, 1.165) is 16.1 Å². The maximum Gasteiger partial charge on any atom is 0.225 e. The predicted molar refractivity (Wildman–Crippen MR) is 68.5 cm³/mol. The Kier molecular flexibility index (Phi) is 3.75. The van der Waals surface area contributed by atoms with Crippen molar-refractivity contribution in [3.8, 4) is 0 Å². The van der Waals surface area contributed by atoms with Crippen LogP contribution in [0.2, 0.25) is 0 Å². The molecule has 0 aliphatic carbocycles. The Hall–Kier alpha value is -1.40. The van der Waals surface area contributed by atoms with Crippen molar-refractivity contribution in [3.63, 3.8) is 0 Å². The van der Waals surface area contributed by atoms with E-state index in [1.807, 2.05) is 13.0 Å². The molecule has 0 saturated heterocycles. The highest BCUT2D eigenvalue weighted by Gasteiger charge is 2.08. The van der Waals surface area contributed by atoms with Gasteiger partial charge >= 0.3 is 0 Å². The molecule has 2 rings (SSSR count). The first-order valence-corrected chi connectivity index (χ1v) is 6.34. The summed E-state index contributed by atoms with van der Waals surface area (Å²) in [5.41, 5.74) is 1.93. The number of H-pyrrole nitrogens is 1. The lowest BCUT2D eigenvalue weighted by Crippen LogP contribution is -2.24. The molecule has 2 heterocycles. The minimum atomic E-state index is -0.0143. The predicted octanol–water partition coefficient (Wildman–Crippen LogP) is 2.57. The van der Waals surface area contributed by atoms with Crippen LogP contribution in [0.5, 0.6) is 0 Å². The average Bonchev–Trinajstić information content (AvgIpc) is 2.87. The summed E-state index contributed by atoms with van der Waals surface area (Å²) in [6.07, 6.45) is 3.57. The minimum Gasteiger partial charge on any atom is -0.472 e. The first kappa shape index (κ1) is 12.1. The molecule has 0 saturated carbocycles. The highest BCUT2D eigenvalue weighted by Crippen LogP contribution is 2.14. The van der Waals surface area contributed by atoms with Crippen molar-refractivity contribution in [2.75, 3.05) is 0 Å². The van der Waals surface area contributed by atoms with Gasteiger partial charge in [-0.1, -0.05) is 0 Å². The van der Waals surface area contributed by atoms with Crippen LogP contribution in [0.4, 0.5) is 0 Å². The highest BCUT2D eigenvalue weighted by atomic mass is 32.1. The van der Waals surface area contributed by atoms with Crippen LogP contribution >= 0.6 is 23.6 Å². The maximum atomic E-state index is 11.7. The van der Waals surface area contributed by atoms with Crippen LogP contribution in [0.15, 0.2) is 23.0 Å². The second-order valence-electron chi connectivity index (χ2n) is 3.65. The Balaban J connectivity index is 1.89. The number of hydrogen-bond donors (Lipinski definition) is 2. The number of aryl methyl sites for hydroxylation is 1. The molecule has 17 heavy (non-hydrogen) atoms. The lowest BCUT2D eigenvalue weighted by atomic mass is 10.3. The Labute approximate surface area is 108 Å². The molecule has 0 aliphatic rings. The normalized spacial score (nSPS) is 10.4. The topological polar surface area (TPSA) is 58.0 Å². The SMILES string of the molecule is Cc1[nH]c(=S)sc1CC(=O)NCc1ccoc1. The standard InChI is InChI=1S/C11H12N2O2S2/c1-7-9(17-11(16)13-7)4-10(14)12-5-8-2-3-15-6-8/h2-3,6H,4-5H2,1H3,(H,12,14)(H,13,16). The Morgan fingerprint density at radius 1 is 1.65 bits per heavy atom. The van der Waals surface area contributed by atoms with E-state index >= 15 is 0 Å². The first-order chi connectivity index (χ1) is 8.15. The summed E-state index contributed by atoms with van der Waals surface area (Å²) in [7, 11) is 0. The quantitative estimate of drug-likeness (QED) is 0.838. The Morgan fingerprint density at radius 2 is 2.47 bits per heavy atom. The number of nitrogens with one attached hydrogen (secondary N) is 2. The van der Waals surface area contributed by atoms with E-state index in [9.17, 15) is 4.79 Å². The molecule has 90 valence electrons. The maximum absolute atomic E-state index is 11.7. The van der Waals surface area contributed by atoms with Crippen LogP contribution in [-0.4, -0.2) is 10.9 Å². The molecule has 2 aromatic heterocycles. The van der Waals surface area contributed by atoms with Crippen molar-refractivity contribution in [2.24, 2.45) is 0 Å². The van der Waals surface area contributed by atoms with Crippen LogP contribution < -0.4 is 5.32 Å². The summed E-state index contributed by atoms with van der Waals surface area (Å²) in [6, 6.07) is 1.83. The number of thiazole rings is 1. The largest absolute Gasteiger partial charge is 0.472 e. The number of amides is 1. The van der Waals surface area contributed by atoms with Gasteiger partial charge in [0.15, 0.2) is 3.95 Å². The number of rotatable bonds is 4.